The van der Waals surface area contributed by atoms with Crippen LogP contribution in [-0.4, -0.2) is 35.4 Å². The second-order valence-electron chi connectivity index (χ2n) is 4.08. The minimum Gasteiger partial charge on any atom is -0.457 e. The van der Waals surface area contributed by atoms with Crippen molar-refractivity contribution in [1.29, 1.82) is 0 Å². The van der Waals surface area contributed by atoms with Crippen molar-refractivity contribution in [1.82, 2.24) is 9.88 Å². The smallest absolute Gasteiger partial charge is 0.354 e. The zero-order chi connectivity index (χ0) is 14.7. The molecule has 0 aliphatic carbocycles. The van der Waals surface area contributed by atoms with E-state index in [9.17, 15) is 18.0 Å². The fourth-order valence-corrected chi connectivity index (χ4v) is 1.90. The van der Waals surface area contributed by atoms with Crippen LogP contribution in [0.3, 0.4) is 0 Å². The summed E-state index contributed by atoms with van der Waals surface area (Å²) in [6, 6.07) is 1.09. The summed E-state index contributed by atoms with van der Waals surface area (Å²) in [5, 5.41) is -0.298. The summed E-state index contributed by atoms with van der Waals surface area (Å²) in [4.78, 5) is 16.1. The Bertz CT molecular complexity index is 552. The van der Waals surface area contributed by atoms with Gasteiger partial charge < -0.3 is 9.64 Å². The quantitative estimate of drug-likeness (QED) is 0.619. The monoisotopic (exact) mass is 306 g/mol. The highest BCUT2D eigenvalue weighted by Gasteiger charge is 2.25. The molecule has 1 aliphatic rings. The molecule has 0 saturated heterocycles. The van der Waals surface area contributed by atoms with E-state index in [1.54, 1.807) is 0 Å². The fourth-order valence-electron chi connectivity index (χ4n) is 1.79. The number of carbonyl (C=O) groups excluding carboxylic acids is 1. The second kappa shape index (κ2) is 6.13. The lowest BCUT2D eigenvalue weighted by molar-refractivity contribution is -0.137. The molecule has 0 atom stereocenters. The number of rotatable bonds is 5. The lowest BCUT2D eigenvalue weighted by Crippen LogP contribution is -2.30. The molecule has 0 amide bonds. The highest BCUT2D eigenvalue weighted by Crippen LogP contribution is 2.19. The third-order valence-electron chi connectivity index (χ3n) is 2.63. The van der Waals surface area contributed by atoms with Gasteiger partial charge in [-0.3, -0.25) is 0 Å². The van der Waals surface area contributed by atoms with E-state index in [4.69, 9.17) is 11.6 Å². The average molecular weight is 307 g/mol. The van der Waals surface area contributed by atoms with Gasteiger partial charge in [-0.15, -0.1) is 0 Å². The van der Waals surface area contributed by atoms with Crippen LogP contribution in [-0.2, 0) is 16.1 Å². The number of hydrogen-bond acceptors (Lipinski definition) is 4. The van der Waals surface area contributed by atoms with Crippen LogP contribution in [0.1, 0.15) is 5.56 Å². The molecular formula is C12H10ClF3N2O2. The predicted molar refractivity (Wildman–Crippen MR) is 64.7 cm³/mol. The van der Waals surface area contributed by atoms with Gasteiger partial charge in [0.25, 0.3) is 6.43 Å². The zero-order valence-corrected chi connectivity index (χ0v) is 10.9. The van der Waals surface area contributed by atoms with Gasteiger partial charge in [0.05, 0.1) is 6.54 Å². The number of ether oxygens (including phenoxy) is 1. The third kappa shape index (κ3) is 3.41. The molecule has 0 N–H and O–H groups in total. The lowest BCUT2D eigenvalue weighted by atomic mass is 10.2. The van der Waals surface area contributed by atoms with Crippen LogP contribution in [0.2, 0.25) is 5.15 Å². The van der Waals surface area contributed by atoms with Crippen LogP contribution in [0.15, 0.2) is 24.0 Å². The topological polar surface area (TPSA) is 42.4 Å². The van der Waals surface area contributed by atoms with Gasteiger partial charge in [0.1, 0.15) is 12.3 Å². The van der Waals surface area contributed by atoms with E-state index in [0.29, 0.717) is 5.56 Å². The Balaban J connectivity index is 2.19. The molecule has 2 rings (SSSR count). The highest BCUT2D eigenvalue weighted by atomic mass is 35.5. The maximum atomic E-state index is 13.3. The Kier molecular flexibility index (Phi) is 4.49. The van der Waals surface area contributed by atoms with Crippen molar-refractivity contribution in [3.8, 4) is 0 Å². The van der Waals surface area contributed by atoms with Crippen molar-refractivity contribution >= 4 is 17.6 Å². The largest absolute Gasteiger partial charge is 0.457 e. The Hall–Kier alpha value is -1.76. The number of alkyl halides is 2. The molecule has 2 heterocycles. The molecule has 108 valence electrons. The molecule has 0 unspecified atom stereocenters. The molecule has 20 heavy (non-hydrogen) atoms. The van der Waals surface area contributed by atoms with Crippen LogP contribution in [0.25, 0.3) is 0 Å². The summed E-state index contributed by atoms with van der Waals surface area (Å²) in [7, 11) is 0. The van der Waals surface area contributed by atoms with Gasteiger partial charge in [0, 0.05) is 12.7 Å². The van der Waals surface area contributed by atoms with E-state index >= 15 is 0 Å². The maximum absolute atomic E-state index is 13.3. The van der Waals surface area contributed by atoms with Crippen molar-refractivity contribution in [2.45, 2.75) is 13.0 Å². The number of aromatic nitrogens is 1. The fraction of sp³-hybridized carbons (Fsp3) is 0.333. The molecule has 4 nitrogen and oxygen atoms in total. The summed E-state index contributed by atoms with van der Waals surface area (Å²) in [6.45, 7) is -0.710. The van der Waals surface area contributed by atoms with Gasteiger partial charge in [-0.2, -0.15) is 0 Å². The predicted octanol–water partition coefficient (Wildman–Crippen LogP) is 2.38. The van der Waals surface area contributed by atoms with Crippen molar-refractivity contribution in [2.75, 3.05) is 13.2 Å². The maximum Gasteiger partial charge on any atom is 0.354 e. The van der Waals surface area contributed by atoms with E-state index in [2.05, 4.69) is 9.72 Å². The Morgan fingerprint density at radius 3 is 2.80 bits per heavy atom. The minimum atomic E-state index is -2.64. The van der Waals surface area contributed by atoms with Crippen LogP contribution < -0.4 is 0 Å². The van der Waals surface area contributed by atoms with Gasteiger partial charge >= 0.3 is 5.97 Å². The number of carbonyl (C=O) groups is 1. The molecule has 0 radical (unpaired) electrons. The second-order valence-corrected chi connectivity index (χ2v) is 4.43. The zero-order valence-electron chi connectivity index (χ0n) is 10.2. The van der Waals surface area contributed by atoms with Gasteiger partial charge in [-0.25, -0.2) is 22.9 Å². The van der Waals surface area contributed by atoms with Crippen molar-refractivity contribution in [2.24, 2.45) is 0 Å². The Morgan fingerprint density at radius 2 is 2.25 bits per heavy atom. The van der Waals surface area contributed by atoms with E-state index in [0.717, 1.165) is 11.0 Å². The molecular weight excluding hydrogens is 297 g/mol. The number of pyridine rings is 1. The van der Waals surface area contributed by atoms with Crippen LogP contribution in [0.4, 0.5) is 13.2 Å². The van der Waals surface area contributed by atoms with Gasteiger partial charge in [0.2, 0.25) is 0 Å². The summed E-state index contributed by atoms with van der Waals surface area (Å²) >= 11 is 5.45. The average Bonchev–Trinajstić information content (AvgIpc) is 2.79. The Labute approximate surface area is 117 Å². The van der Waals surface area contributed by atoms with Crippen molar-refractivity contribution < 1.29 is 22.7 Å². The number of cyclic esters (lactones) is 1. The van der Waals surface area contributed by atoms with Crippen LogP contribution in [0.5, 0.6) is 0 Å². The minimum absolute atomic E-state index is 0.0423. The number of halogens is 4. The number of hydrogen-bond donors (Lipinski definition) is 0. The summed E-state index contributed by atoms with van der Waals surface area (Å²) in [6.07, 6.45) is 0.0317. The van der Waals surface area contributed by atoms with E-state index in [1.165, 1.54) is 12.3 Å². The normalized spacial score (nSPS) is 14.4. The van der Waals surface area contributed by atoms with E-state index in [-0.39, 0.29) is 24.0 Å². The van der Waals surface area contributed by atoms with Crippen LogP contribution in [0, 0.1) is 5.82 Å². The van der Waals surface area contributed by atoms with Gasteiger partial charge in [0.15, 0.2) is 11.0 Å². The number of nitrogens with zero attached hydrogens (tertiary/aromatic N) is 2. The summed E-state index contributed by atoms with van der Waals surface area (Å²) < 4.78 is 43.1. The first-order chi connectivity index (χ1) is 9.47. The van der Waals surface area contributed by atoms with Crippen molar-refractivity contribution in [3.05, 3.63) is 40.6 Å². The van der Waals surface area contributed by atoms with E-state index < -0.39 is 24.8 Å². The lowest BCUT2D eigenvalue weighted by Gasteiger charge is -2.23. The number of esters is 1. The molecule has 0 spiro atoms. The summed E-state index contributed by atoms with van der Waals surface area (Å²) in [5.74, 6) is -1.42. The SMILES string of the molecule is O=C1OCC=C1N(Cc1cnc(Cl)c(F)c1)CC(F)F. The standard InChI is InChI=1S/C12H10ClF3N2O2/c13-11-8(14)3-7(4-17-11)5-18(6-10(15)16)9-1-2-20-12(9)19/h1,3-4,10H,2,5-6H2. The van der Waals surface area contributed by atoms with Gasteiger partial charge in [-0.1, -0.05) is 11.6 Å². The Morgan fingerprint density at radius 1 is 1.50 bits per heavy atom. The molecule has 0 saturated carbocycles. The molecule has 1 aliphatic heterocycles. The molecule has 8 heteroatoms. The third-order valence-corrected chi connectivity index (χ3v) is 2.90. The van der Waals surface area contributed by atoms with Gasteiger partial charge in [-0.05, 0) is 17.7 Å². The molecule has 0 bridgehead atoms. The molecule has 0 aromatic carbocycles. The molecule has 1 aromatic rings. The van der Waals surface area contributed by atoms with E-state index in [1.807, 2.05) is 0 Å². The molecule has 0 fully saturated rings. The van der Waals surface area contributed by atoms with Crippen molar-refractivity contribution in [3.63, 3.8) is 0 Å². The first kappa shape index (κ1) is 14.6. The first-order valence-electron chi connectivity index (χ1n) is 5.67. The van der Waals surface area contributed by atoms with Crippen LogP contribution >= 0.6 is 11.6 Å². The summed E-state index contributed by atoms with van der Waals surface area (Å²) in [5.41, 5.74) is 0.369. The highest BCUT2D eigenvalue weighted by molar-refractivity contribution is 6.29. The molecule has 1 aromatic heterocycles. The first-order valence-corrected chi connectivity index (χ1v) is 6.05.